The van der Waals surface area contributed by atoms with E-state index in [1.807, 2.05) is 13.8 Å². The van der Waals surface area contributed by atoms with Gasteiger partial charge in [0, 0.05) is 31.0 Å². The fourth-order valence-electron chi connectivity index (χ4n) is 2.78. The van der Waals surface area contributed by atoms with Crippen LogP contribution in [-0.2, 0) is 14.8 Å². The fourth-order valence-corrected chi connectivity index (χ4v) is 4.83. The number of benzene rings is 1. The lowest BCUT2D eigenvalue weighted by Gasteiger charge is -2.18. The SMILES string of the molecule is CCOc1ccc(NC(=O)CSc2ccc(S(=O)(=O)N(CC)CC)cn2)cc1OCC. The van der Waals surface area contributed by atoms with Gasteiger partial charge in [0.1, 0.15) is 4.90 Å². The Morgan fingerprint density at radius 3 is 2.29 bits per heavy atom. The maximum Gasteiger partial charge on any atom is 0.244 e. The molecule has 0 saturated carbocycles. The number of hydrogen-bond donors (Lipinski definition) is 1. The molecule has 2 rings (SSSR count). The van der Waals surface area contributed by atoms with Gasteiger partial charge in [-0.15, -0.1) is 0 Å². The quantitative estimate of drug-likeness (QED) is 0.476. The highest BCUT2D eigenvalue weighted by atomic mass is 32.2. The van der Waals surface area contributed by atoms with Crippen molar-refractivity contribution >= 4 is 33.4 Å². The third-order valence-electron chi connectivity index (χ3n) is 4.23. The average molecular weight is 468 g/mol. The molecule has 8 nitrogen and oxygen atoms in total. The molecule has 1 amide bonds. The Kier molecular flexibility index (Phi) is 9.60. The maximum atomic E-state index is 12.5. The van der Waals surface area contributed by atoms with Crippen LogP contribution in [-0.4, -0.2) is 55.7 Å². The first-order valence-corrected chi connectivity index (χ1v) is 12.6. The summed E-state index contributed by atoms with van der Waals surface area (Å²) in [6.07, 6.45) is 1.33. The van der Waals surface area contributed by atoms with Gasteiger partial charge in [0.15, 0.2) is 11.5 Å². The molecule has 0 bridgehead atoms. The van der Waals surface area contributed by atoms with Gasteiger partial charge in [-0.25, -0.2) is 13.4 Å². The first-order valence-electron chi connectivity index (χ1n) is 10.1. The number of anilines is 1. The van der Waals surface area contributed by atoms with Gasteiger partial charge < -0.3 is 14.8 Å². The number of sulfonamides is 1. The molecule has 0 fully saturated rings. The second-order valence-corrected chi connectivity index (χ2v) is 9.22. The molecule has 0 aliphatic carbocycles. The van der Waals surface area contributed by atoms with Crippen molar-refractivity contribution < 1.29 is 22.7 Å². The van der Waals surface area contributed by atoms with Gasteiger partial charge in [-0.05, 0) is 38.1 Å². The minimum atomic E-state index is -3.55. The number of hydrogen-bond acceptors (Lipinski definition) is 7. The summed E-state index contributed by atoms with van der Waals surface area (Å²) in [5.41, 5.74) is 0.603. The zero-order valence-electron chi connectivity index (χ0n) is 18.3. The van der Waals surface area contributed by atoms with Crippen LogP contribution in [0.15, 0.2) is 46.5 Å². The zero-order chi connectivity index (χ0) is 22.9. The van der Waals surface area contributed by atoms with Gasteiger partial charge in [-0.2, -0.15) is 4.31 Å². The smallest absolute Gasteiger partial charge is 0.244 e. The number of aromatic nitrogens is 1. The van der Waals surface area contributed by atoms with Crippen molar-refractivity contribution in [2.45, 2.75) is 37.6 Å². The first kappa shape index (κ1) is 25.0. The molecule has 31 heavy (non-hydrogen) atoms. The number of rotatable bonds is 12. The number of thioether (sulfide) groups is 1. The number of amides is 1. The molecule has 1 aromatic heterocycles. The van der Waals surface area contributed by atoms with E-state index in [-0.39, 0.29) is 16.6 Å². The molecular formula is C21H29N3O5S2. The largest absolute Gasteiger partial charge is 0.490 e. The minimum absolute atomic E-state index is 0.131. The van der Waals surface area contributed by atoms with Gasteiger partial charge in [-0.1, -0.05) is 25.6 Å². The summed E-state index contributed by atoms with van der Waals surface area (Å²) in [7, 11) is -3.55. The van der Waals surface area contributed by atoms with Crippen LogP contribution >= 0.6 is 11.8 Å². The van der Waals surface area contributed by atoms with E-state index >= 15 is 0 Å². The molecule has 0 atom stereocenters. The second kappa shape index (κ2) is 11.9. The van der Waals surface area contributed by atoms with E-state index < -0.39 is 10.0 Å². The Morgan fingerprint density at radius 1 is 1.03 bits per heavy atom. The van der Waals surface area contributed by atoms with Crippen molar-refractivity contribution in [3.63, 3.8) is 0 Å². The van der Waals surface area contributed by atoms with Crippen LogP contribution in [0.4, 0.5) is 5.69 Å². The van der Waals surface area contributed by atoms with Crippen molar-refractivity contribution in [1.82, 2.24) is 9.29 Å². The van der Waals surface area contributed by atoms with Crippen LogP contribution in [0.2, 0.25) is 0 Å². The molecule has 1 heterocycles. The Balaban J connectivity index is 1.98. The predicted octanol–water partition coefficient (Wildman–Crippen LogP) is 3.64. The third kappa shape index (κ3) is 6.84. The van der Waals surface area contributed by atoms with E-state index in [1.54, 1.807) is 38.1 Å². The molecule has 0 aliphatic heterocycles. The standard InChI is InChI=1S/C21H29N3O5S2/c1-5-24(6-2)31(26,27)17-10-12-21(22-14-17)30-15-20(25)23-16-9-11-18(28-7-3)19(13-16)29-8-4/h9-14H,5-8,15H2,1-4H3,(H,23,25). The van der Waals surface area contributed by atoms with Gasteiger partial charge >= 0.3 is 0 Å². The number of carbonyl (C=O) groups excluding carboxylic acids is 1. The lowest BCUT2D eigenvalue weighted by atomic mass is 10.2. The van der Waals surface area contributed by atoms with Crippen molar-refractivity contribution in [1.29, 1.82) is 0 Å². The van der Waals surface area contributed by atoms with Crippen LogP contribution in [0.5, 0.6) is 11.5 Å². The highest BCUT2D eigenvalue weighted by molar-refractivity contribution is 7.99. The molecule has 10 heteroatoms. The van der Waals surface area contributed by atoms with Crippen LogP contribution in [0, 0.1) is 0 Å². The lowest BCUT2D eigenvalue weighted by molar-refractivity contribution is -0.113. The molecule has 0 aliphatic rings. The van der Waals surface area contributed by atoms with Crippen molar-refractivity contribution in [3.05, 3.63) is 36.5 Å². The summed E-state index contributed by atoms with van der Waals surface area (Å²) < 4.78 is 37.5. The summed E-state index contributed by atoms with van der Waals surface area (Å²) in [5.74, 6) is 1.12. The molecule has 170 valence electrons. The van der Waals surface area contributed by atoms with Crippen molar-refractivity contribution in [2.75, 3.05) is 37.4 Å². The number of nitrogens with zero attached hydrogens (tertiary/aromatic N) is 2. The number of pyridine rings is 1. The van der Waals surface area contributed by atoms with Gasteiger partial charge in [0.2, 0.25) is 15.9 Å². The summed E-state index contributed by atoms with van der Waals surface area (Å²) in [5, 5.41) is 3.39. The predicted molar refractivity (Wildman–Crippen MR) is 122 cm³/mol. The van der Waals surface area contributed by atoms with Crippen LogP contribution in [0.25, 0.3) is 0 Å². The lowest BCUT2D eigenvalue weighted by Crippen LogP contribution is -2.30. The Labute approximate surface area is 188 Å². The maximum absolute atomic E-state index is 12.5. The van der Waals surface area contributed by atoms with Crippen LogP contribution < -0.4 is 14.8 Å². The number of ether oxygens (including phenoxy) is 2. The molecule has 0 radical (unpaired) electrons. The normalized spacial score (nSPS) is 11.4. The Morgan fingerprint density at radius 2 is 1.71 bits per heavy atom. The highest BCUT2D eigenvalue weighted by Crippen LogP contribution is 2.30. The van der Waals surface area contributed by atoms with E-state index in [0.29, 0.717) is 48.5 Å². The van der Waals surface area contributed by atoms with E-state index in [0.717, 1.165) is 0 Å². The van der Waals surface area contributed by atoms with Crippen molar-refractivity contribution in [2.24, 2.45) is 0 Å². The summed E-state index contributed by atoms with van der Waals surface area (Å²) >= 11 is 1.23. The zero-order valence-corrected chi connectivity index (χ0v) is 19.9. The molecule has 0 unspecified atom stereocenters. The molecule has 1 aromatic carbocycles. The van der Waals surface area contributed by atoms with Crippen LogP contribution in [0.3, 0.4) is 0 Å². The van der Waals surface area contributed by atoms with E-state index in [4.69, 9.17) is 9.47 Å². The number of carbonyl (C=O) groups is 1. The highest BCUT2D eigenvalue weighted by Gasteiger charge is 2.21. The summed E-state index contributed by atoms with van der Waals surface area (Å²) in [6, 6.07) is 8.36. The molecule has 0 spiro atoms. The molecule has 1 N–H and O–H groups in total. The topological polar surface area (TPSA) is 97.8 Å². The number of nitrogens with one attached hydrogen (secondary N) is 1. The monoisotopic (exact) mass is 467 g/mol. The van der Waals surface area contributed by atoms with Gasteiger partial charge in [-0.3, -0.25) is 4.79 Å². The Bertz CT molecular complexity index is 961. The van der Waals surface area contributed by atoms with Crippen molar-refractivity contribution in [3.8, 4) is 11.5 Å². The average Bonchev–Trinajstić information content (AvgIpc) is 2.75. The molecule has 0 saturated heterocycles. The summed E-state index contributed by atoms with van der Waals surface area (Å²) in [6.45, 7) is 9.14. The Hall–Kier alpha value is -2.30. The van der Waals surface area contributed by atoms with E-state index in [2.05, 4.69) is 10.3 Å². The van der Waals surface area contributed by atoms with E-state index in [1.165, 1.54) is 28.3 Å². The summed E-state index contributed by atoms with van der Waals surface area (Å²) in [4.78, 5) is 16.7. The molecular weight excluding hydrogens is 438 g/mol. The van der Waals surface area contributed by atoms with Crippen LogP contribution in [0.1, 0.15) is 27.7 Å². The molecule has 2 aromatic rings. The second-order valence-electron chi connectivity index (χ2n) is 6.29. The first-order chi connectivity index (χ1) is 14.8. The van der Waals surface area contributed by atoms with E-state index in [9.17, 15) is 13.2 Å². The fraction of sp³-hybridized carbons (Fsp3) is 0.429. The minimum Gasteiger partial charge on any atom is -0.490 e. The van der Waals surface area contributed by atoms with Gasteiger partial charge in [0.25, 0.3) is 0 Å². The van der Waals surface area contributed by atoms with Gasteiger partial charge in [0.05, 0.1) is 24.0 Å². The third-order valence-corrected chi connectivity index (χ3v) is 7.21.